The van der Waals surface area contributed by atoms with Crippen molar-refractivity contribution < 1.29 is 0 Å². The van der Waals surface area contributed by atoms with Crippen LogP contribution in [0.3, 0.4) is 0 Å². The van der Waals surface area contributed by atoms with Crippen molar-refractivity contribution in [1.29, 1.82) is 0 Å². The molecule has 0 aliphatic heterocycles. The van der Waals surface area contributed by atoms with Gasteiger partial charge in [0.2, 0.25) is 0 Å². The molecule has 100 valence electrons. The number of hydrogen-bond donors (Lipinski definition) is 3. The van der Waals surface area contributed by atoms with E-state index in [4.69, 9.17) is 17.3 Å². The minimum Gasteiger partial charge on any atom is -0.398 e. The summed E-state index contributed by atoms with van der Waals surface area (Å²) in [5, 5.41) is 4.90. The molecule has 3 rings (SSSR count). The molecule has 0 spiro atoms. The smallest absolute Gasteiger partial charge is 0.272 e. The molecule has 0 aliphatic rings. The maximum Gasteiger partial charge on any atom is 0.272 e. The molecule has 20 heavy (non-hydrogen) atoms. The zero-order valence-corrected chi connectivity index (χ0v) is 11.0. The summed E-state index contributed by atoms with van der Waals surface area (Å²) in [6, 6.07) is 10.9. The van der Waals surface area contributed by atoms with Crippen LogP contribution in [-0.2, 0) is 0 Å². The first-order chi connectivity index (χ1) is 9.59. The van der Waals surface area contributed by atoms with Gasteiger partial charge in [0, 0.05) is 5.56 Å². The van der Waals surface area contributed by atoms with Gasteiger partial charge in [0.1, 0.15) is 0 Å². The van der Waals surface area contributed by atoms with Gasteiger partial charge in [-0.25, -0.2) is 0 Å². The number of fused-ring (bicyclic) bond motifs is 1. The van der Waals surface area contributed by atoms with Gasteiger partial charge in [0.25, 0.3) is 11.1 Å². The molecule has 0 aliphatic carbocycles. The van der Waals surface area contributed by atoms with Crippen molar-refractivity contribution in [3.63, 3.8) is 0 Å². The lowest BCUT2D eigenvalue weighted by Crippen LogP contribution is -2.20. The topological polar surface area (TPSA) is 91.7 Å². The summed E-state index contributed by atoms with van der Waals surface area (Å²) in [7, 11) is 0. The van der Waals surface area contributed by atoms with Crippen LogP contribution in [0.25, 0.3) is 21.9 Å². The number of aromatic nitrogens is 2. The third-order valence-electron chi connectivity index (χ3n) is 3.15. The second-order valence-electron chi connectivity index (χ2n) is 4.34. The monoisotopic (exact) mass is 287 g/mol. The number of H-pyrrole nitrogens is 2. The van der Waals surface area contributed by atoms with E-state index in [2.05, 4.69) is 10.2 Å². The van der Waals surface area contributed by atoms with E-state index in [9.17, 15) is 9.59 Å². The molecule has 0 atom stereocenters. The summed E-state index contributed by atoms with van der Waals surface area (Å²) >= 11 is 6.13. The maximum absolute atomic E-state index is 11.9. The Morgan fingerprint density at radius 2 is 1.55 bits per heavy atom. The van der Waals surface area contributed by atoms with Crippen LogP contribution in [0.15, 0.2) is 46.0 Å². The highest BCUT2D eigenvalue weighted by molar-refractivity contribution is 6.36. The highest BCUT2D eigenvalue weighted by Gasteiger charge is 2.15. The Morgan fingerprint density at radius 1 is 0.950 bits per heavy atom. The molecule has 0 radical (unpaired) electrons. The van der Waals surface area contributed by atoms with Crippen molar-refractivity contribution in [2.45, 2.75) is 0 Å². The quantitative estimate of drug-likeness (QED) is 0.599. The van der Waals surface area contributed by atoms with Crippen molar-refractivity contribution in [2.75, 3.05) is 5.73 Å². The fraction of sp³-hybridized carbons (Fsp3) is 0. The second-order valence-corrected chi connectivity index (χ2v) is 4.75. The SMILES string of the molecule is Nc1c(-c2ccccc2)cc(Cl)c2c(=O)[nH][nH]c(=O)c12. The number of nitrogen functional groups attached to an aromatic ring is 1. The van der Waals surface area contributed by atoms with Crippen LogP contribution in [0.1, 0.15) is 0 Å². The zero-order chi connectivity index (χ0) is 14.3. The number of nitrogens with one attached hydrogen (secondary N) is 2. The minimum atomic E-state index is -0.476. The summed E-state index contributed by atoms with van der Waals surface area (Å²) < 4.78 is 0. The van der Waals surface area contributed by atoms with Gasteiger partial charge in [-0.05, 0) is 11.6 Å². The van der Waals surface area contributed by atoms with Crippen molar-refractivity contribution in [3.8, 4) is 11.1 Å². The normalized spacial score (nSPS) is 10.8. The van der Waals surface area contributed by atoms with Gasteiger partial charge in [-0.15, -0.1) is 0 Å². The lowest BCUT2D eigenvalue weighted by molar-refractivity contribution is 0.977. The summed E-state index contributed by atoms with van der Waals surface area (Å²) in [6.07, 6.45) is 0. The van der Waals surface area contributed by atoms with Crippen molar-refractivity contribution in [2.24, 2.45) is 0 Å². The van der Waals surface area contributed by atoms with Gasteiger partial charge in [0.15, 0.2) is 0 Å². The standard InChI is InChI=1S/C14H10ClN3O2/c15-9-6-8(7-4-2-1-3-5-7)12(16)11-10(9)13(19)17-18-14(11)20/h1-6H,16H2,(H,17,19)(H,18,20). The molecule has 3 aromatic rings. The van der Waals surface area contributed by atoms with Gasteiger partial charge in [0.05, 0.1) is 21.5 Å². The van der Waals surface area contributed by atoms with E-state index in [0.29, 0.717) is 5.56 Å². The number of nitrogens with two attached hydrogens (primary N) is 1. The van der Waals surface area contributed by atoms with Crippen LogP contribution in [0.5, 0.6) is 0 Å². The Hall–Kier alpha value is -2.53. The molecule has 0 amide bonds. The van der Waals surface area contributed by atoms with E-state index >= 15 is 0 Å². The number of benzene rings is 2. The molecule has 5 nitrogen and oxygen atoms in total. The third kappa shape index (κ3) is 1.80. The summed E-state index contributed by atoms with van der Waals surface area (Å²) in [5.41, 5.74) is 6.80. The predicted molar refractivity (Wildman–Crippen MR) is 80.0 cm³/mol. The van der Waals surface area contributed by atoms with Gasteiger partial charge in [-0.3, -0.25) is 19.8 Å². The lowest BCUT2D eigenvalue weighted by atomic mass is 10.00. The Balaban J connectivity index is 2.50. The van der Waals surface area contributed by atoms with E-state index in [1.54, 1.807) is 6.07 Å². The van der Waals surface area contributed by atoms with Crippen molar-refractivity contribution in [1.82, 2.24) is 10.2 Å². The maximum atomic E-state index is 11.9. The molecule has 6 heteroatoms. The first-order valence-electron chi connectivity index (χ1n) is 5.87. The molecule has 0 saturated carbocycles. The van der Waals surface area contributed by atoms with E-state index in [1.165, 1.54) is 0 Å². The van der Waals surface area contributed by atoms with Gasteiger partial charge < -0.3 is 5.73 Å². The van der Waals surface area contributed by atoms with Crippen molar-refractivity contribution in [3.05, 3.63) is 62.1 Å². The van der Waals surface area contributed by atoms with Crippen LogP contribution in [0.4, 0.5) is 5.69 Å². The Labute approximate surface area is 118 Å². The van der Waals surface area contributed by atoms with E-state index in [-0.39, 0.29) is 21.5 Å². The fourth-order valence-electron chi connectivity index (χ4n) is 2.22. The highest BCUT2D eigenvalue weighted by atomic mass is 35.5. The number of halogens is 1. The molecule has 0 unspecified atom stereocenters. The van der Waals surface area contributed by atoms with Gasteiger partial charge in [-0.1, -0.05) is 41.9 Å². The zero-order valence-electron chi connectivity index (χ0n) is 10.2. The average molecular weight is 288 g/mol. The third-order valence-corrected chi connectivity index (χ3v) is 3.45. The Bertz CT molecular complexity index is 913. The fourth-order valence-corrected chi connectivity index (χ4v) is 2.51. The van der Waals surface area contributed by atoms with Crippen LogP contribution >= 0.6 is 11.6 Å². The molecule has 0 bridgehead atoms. The molecule has 1 aromatic heterocycles. The number of hydrogen-bond acceptors (Lipinski definition) is 3. The molecule has 2 aromatic carbocycles. The molecule has 4 N–H and O–H groups in total. The first kappa shape index (κ1) is 12.5. The van der Waals surface area contributed by atoms with Gasteiger partial charge in [-0.2, -0.15) is 0 Å². The van der Waals surface area contributed by atoms with E-state index < -0.39 is 11.1 Å². The van der Waals surface area contributed by atoms with Crippen LogP contribution in [-0.4, -0.2) is 10.2 Å². The predicted octanol–water partition coefficient (Wildman–Crippen LogP) is 2.12. The highest BCUT2D eigenvalue weighted by Crippen LogP contribution is 2.33. The van der Waals surface area contributed by atoms with Crippen LogP contribution < -0.4 is 16.9 Å². The molecule has 1 heterocycles. The number of aromatic amines is 2. The molecule has 0 fully saturated rings. The van der Waals surface area contributed by atoms with E-state index in [0.717, 1.165) is 5.56 Å². The minimum absolute atomic E-state index is 0.104. The largest absolute Gasteiger partial charge is 0.398 e. The Morgan fingerprint density at radius 3 is 2.20 bits per heavy atom. The summed E-state index contributed by atoms with van der Waals surface area (Å²) in [5.74, 6) is 0. The first-order valence-corrected chi connectivity index (χ1v) is 6.25. The second kappa shape index (κ2) is 4.54. The number of rotatable bonds is 1. The summed E-state index contributed by atoms with van der Waals surface area (Å²) in [6.45, 7) is 0. The van der Waals surface area contributed by atoms with E-state index in [1.807, 2.05) is 30.3 Å². The lowest BCUT2D eigenvalue weighted by Gasteiger charge is -2.10. The van der Waals surface area contributed by atoms with Gasteiger partial charge >= 0.3 is 0 Å². The Kier molecular flexibility index (Phi) is 2.84. The molecular formula is C14H10ClN3O2. The van der Waals surface area contributed by atoms with Crippen LogP contribution in [0.2, 0.25) is 5.02 Å². The van der Waals surface area contributed by atoms with Crippen molar-refractivity contribution >= 4 is 28.1 Å². The van der Waals surface area contributed by atoms with Crippen LogP contribution in [0, 0.1) is 0 Å². The molecular weight excluding hydrogens is 278 g/mol. The number of anilines is 1. The summed E-state index contributed by atoms with van der Waals surface area (Å²) in [4.78, 5) is 23.7. The average Bonchev–Trinajstić information content (AvgIpc) is 2.46. The molecule has 0 saturated heterocycles.